The second-order valence-electron chi connectivity index (χ2n) is 4.29. The topological polar surface area (TPSA) is 92.7 Å². The van der Waals surface area contributed by atoms with Crippen molar-refractivity contribution in [1.82, 2.24) is 0 Å². The fourth-order valence-electron chi connectivity index (χ4n) is 1.35. The standard InChI is InChI=1S/C14H28O8/c1-3-17-4-5-18-6-7-19-8-9-20-10-11-21-13(2)12-22-14(15)16/h13H,3-12H2,1-2H3,(H,15,16). The lowest BCUT2D eigenvalue weighted by molar-refractivity contribution is -0.0347. The Labute approximate surface area is 131 Å². The number of hydrogen-bond donors (Lipinski definition) is 1. The highest BCUT2D eigenvalue weighted by atomic mass is 16.7. The minimum Gasteiger partial charge on any atom is -0.450 e. The molecule has 0 spiro atoms. The van der Waals surface area contributed by atoms with E-state index in [1.807, 2.05) is 6.92 Å². The fraction of sp³-hybridized carbons (Fsp3) is 0.929. The zero-order chi connectivity index (χ0) is 16.5. The number of rotatable bonds is 16. The van der Waals surface area contributed by atoms with Crippen LogP contribution in [-0.2, 0) is 28.4 Å². The molecule has 0 rings (SSSR count). The van der Waals surface area contributed by atoms with Crippen molar-refractivity contribution in [3.8, 4) is 0 Å². The predicted octanol–water partition coefficient (Wildman–Crippen LogP) is 1.17. The van der Waals surface area contributed by atoms with Gasteiger partial charge in [-0.25, -0.2) is 4.79 Å². The van der Waals surface area contributed by atoms with E-state index in [1.54, 1.807) is 6.92 Å². The Bertz CT molecular complexity index is 249. The van der Waals surface area contributed by atoms with E-state index in [0.29, 0.717) is 59.5 Å². The average Bonchev–Trinajstić information content (AvgIpc) is 2.49. The van der Waals surface area contributed by atoms with Gasteiger partial charge in [-0.2, -0.15) is 0 Å². The predicted molar refractivity (Wildman–Crippen MR) is 78.3 cm³/mol. The molecule has 0 aliphatic heterocycles. The van der Waals surface area contributed by atoms with E-state index in [1.165, 1.54) is 0 Å². The van der Waals surface area contributed by atoms with Crippen molar-refractivity contribution >= 4 is 6.16 Å². The first-order chi connectivity index (χ1) is 10.7. The minimum absolute atomic E-state index is 0.0156. The number of hydrogen-bond acceptors (Lipinski definition) is 7. The second-order valence-corrected chi connectivity index (χ2v) is 4.29. The van der Waals surface area contributed by atoms with Gasteiger partial charge in [-0.15, -0.1) is 0 Å². The van der Waals surface area contributed by atoms with E-state index in [2.05, 4.69) is 4.74 Å². The second kappa shape index (κ2) is 16.4. The molecule has 0 aliphatic carbocycles. The summed E-state index contributed by atoms with van der Waals surface area (Å²) in [5.41, 5.74) is 0. The van der Waals surface area contributed by atoms with Crippen molar-refractivity contribution in [1.29, 1.82) is 0 Å². The molecule has 0 aromatic rings. The van der Waals surface area contributed by atoms with Crippen LogP contribution in [0.5, 0.6) is 0 Å². The first kappa shape index (κ1) is 21.1. The number of carbonyl (C=O) groups is 1. The van der Waals surface area contributed by atoms with Gasteiger partial charge in [0.2, 0.25) is 0 Å². The van der Waals surface area contributed by atoms with Gasteiger partial charge in [-0.3, -0.25) is 0 Å². The van der Waals surface area contributed by atoms with E-state index in [9.17, 15) is 4.79 Å². The maximum Gasteiger partial charge on any atom is 0.505 e. The van der Waals surface area contributed by atoms with Gasteiger partial charge in [0.05, 0.1) is 59.0 Å². The summed E-state index contributed by atoms with van der Waals surface area (Å²) in [6.45, 7) is 8.41. The highest BCUT2D eigenvalue weighted by Gasteiger charge is 2.05. The van der Waals surface area contributed by atoms with Crippen molar-refractivity contribution in [3.63, 3.8) is 0 Å². The van der Waals surface area contributed by atoms with Gasteiger partial charge in [0, 0.05) is 6.61 Å². The Morgan fingerprint density at radius 2 is 1.32 bits per heavy atom. The SMILES string of the molecule is CCOCCOCCOCCOCCOC(C)COC(=O)O. The van der Waals surface area contributed by atoms with E-state index in [0.717, 1.165) is 0 Å². The van der Waals surface area contributed by atoms with Crippen LogP contribution in [0.1, 0.15) is 13.8 Å². The van der Waals surface area contributed by atoms with E-state index in [4.69, 9.17) is 28.8 Å². The van der Waals surface area contributed by atoms with Crippen LogP contribution < -0.4 is 0 Å². The summed E-state index contributed by atoms with van der Waals surface area (Å²) in [5.74, 6) is 0. The molecular weight excluding hydrogens is 296 g/mol. The molecule has 0 radical (unpaired) electrons. The molecule has 0 saturated carbocycles. The molecule has 1 unspecified atom stereocenters. The van der Waals surface area contributed by atoms with Crippen LogP contribution in [0.25, 0.3) is 0 Å². The summed E-state index contributed by atoms with van der Waals surface area (Å²) in [6.07, 6.45) is -1.59. The van der Waals surface area contributed by atoms with Crippen molar-refractivity contribution < 1.29 is 38.3 Å². The van der Waals surface area contributed by atoms with E-state index in [-0.39, 0.29) is 12.7 Å². The molecule has 1 N–H and O–H groups in total. The Kier molecular flexibility index (Phi) is 15.7. The summed E-state index contributed by atoms with van der Waals surface area (Å²) < 4.78 is 30.7. The molecule has 0 heterocycles. The quantitative estimate of drug-likeness (QED) is 0.334. The zero-order valence-corrected chi connectivity index (χ0v) is 13.5. The van der Waals surface area contributed by atoms with Gasteiger partial charge in [-0.1, -0.05) is 0 Å². The fourth-order valence-corrected chi connectivity index (χ4v) is 1.35. The normalized spacial score (nSPS) is 12.3. The van der Waals surface area contributed by atoms with Crippen molar-refractivity contribution in [3.05, 3.63) is 0 Å². The Hall–Kier alpha value is -0.930. The van der Waals surface area contributed by atoms with Gasteiger partial charge in [0.15, 0.2) is 0 Å². The molecule has 0 amide bonds. The lowest BCUT2D eigenvalue weighted by Crippen LogP contribution is -2.20. The van der Waals surface area contributed by atoms with Crippen molar-refractivity contribution in [2.45, 2.75) is 20.0 Å². The molecule has 8 heteroatoms. The monoisotopic (exact) mass is 324 g/mol. The summed E-state index contributed by atoms with van der Waals surface area (Å²) in [4.78, 5) is 10.2. The first-order valence-corrected chi connectivity index (χ1v) is 7.45. The van der Waals surface area contributed by atoms with Crippen molar-refractivity contribution in [2.24, 2.45) is 0 Å². The highest BCUT2D eigenvalue weighted by molar-refractivity contribution is 5.56. The summed E-state index contributed by atoms with van der Waals surface area (Å²) >= 11 is 0. The van der Waals surface area contributed by atoms with Crippen LogP contribution in [-0.4, -0.2) is 83.4 Å². The van der Waals surface area contributed by atoms with E-state index >= 15 is 0 Å². The molecule has 0 aromatic carbocycles. The van der Waals surface area contributed by atoms with Gasteiger partial charge in [0.1, 0.15) is 6.61 Å². The molecule has 0 saturated heterocycles. The number of ether oxygens (including phenoxy) is 6. The number of carboxylic acid groups (broad SMARTS) is 1. The molecule has 132 valence electrons. The molecule has 0 aromatic heterocycles. The lowest BCUT2D eigenvalue weighted by Gasteiger charge is -2.12. The maximum atomic E-state index is 10.2. The highest BCUT2D eigenvalue weighted by Crippen LogP contribution is 1.92. The average molecular weight is 324 g/mol. The molecule has 8 nitrogen and oxygen atoms in total. The van der Waals surface area contributed by atoms with Gasteiger partial charge >= 0.3 is 6.16 Å². The first-order valence-electron chi connectivity index (χ1n) is 7.45. The third-order valence-electron chi connectivity index (χ3n) is 2.39. The summed E-state index contributed by atoms with van der Waals surface area (Å²) in [5, 5.41) is 8.32. The van der Waals surface area contributed by atoms with Crippen LogP contribution in [0.3, 0.4) is 0 Å². The molecule has 0 fully saturated rings. The van der Waals surface area contributed by atoms with Gasteiger partial charge < -0.3 is 33.5 Å². The van der Waals surface area contributed by atoms with Crippen molar-refractivity contribution in [2.75, 3.05) is 66.1 Å². The third-order valence-corrected chi connectivity index (χ3v) is 2.39. The minimum atomic E-state index is -1.30. The van der Waals surface area contributed by atoms with Crippen LogP contribution in [0.2, 0.25) is 0 Å². The Balaban J connectivity index is 3.09. The molecule has 22 heavy (non-hydrogen) atoms. The van der Waals surface area contributed by atoms with Gasteiger partial charge in [0.25, 0.3) is 0 Å². The molecule has 0 bridgehead atoms. The smallest absolute Gasteiger partial charge is 0.450 e. The molecular formula is C14H28O8. The summed E-state index contributed by atoms with van der Waals surface area (Å²) in [7, 11) is 0. The lowest BCUT2D eigenvalue weighted by atomic mass is 10.4. The Morgan fingerprint density at radius 3 is 1.77 bits per heavy atom. The van der Waals surface area contributed by atoms with Crippen LogP contribution in [0, 0.1) is 0 Å². The Morgan fingerprint density at radius 1 is 0.864 bits per heavy atom. The zero-order valence-electron chi connectivity index (χ0n) is 13.5. The molecule has 1 atom stereocenters. The largest absolute Gasteiger partial charge is 0.505 e. The van der Waals surface area contributed by atoms with E-state index < -0.39 is 6.16 Å². The van der Waals surface area contributed by atoms with Crippen LogP contribution >= 0.6 is 0 Å². The van der Waals surface area contributed by atoms with Crippen LogP contribution in [0.15, 0.2) is 0 Å². The summed E-state index contributed by atoms with van der Waals surface area (Å²) in [6, 6.07) is 0. The van der Waals surface area contributed by atoms with Crippen LogP contribution in [0.4, 0.5) is 4.79 Å². The maximum absolute atomic E-state index is 10.2. The van der Waals surface area contributed by atoms with Gasteiger partial charge in [-0.05, 0) is 13.8 Å². The molecule has 0 aliphatic rings. The third kappa shape index (κ3) is 17.1.